The number of carboxylic acids is 1. The highest BCUT2D eigenvalue weighted by molar-refractivity contribution is 9.10. The lowest BCUT2D eigenvalue weighted by atomic mass is 10.2. The Kier molecular flexibility index (Phi) is 4.69. The van der Waals surface area contributed by atoms with Crippen LogP contribution in [0.4, 0.5) is 4.39 Å². The van der Waals surface area contributed by atoms with Crippen LogP contribution in [-0.2, 0) is 0 Å². The van der Waals surface area contributed by atoms with Gasteiger partial charge in [-0.15, -0.1) is 11.3 Å². The summed E-state index contributed by atoms with van der Waals surface area (Å²) in [6.45, 7) is 1.68. The topological polar surface area (TPSA) is 79.3 Å². The van der Waals surface area contributed by atoms with Gasteiger partial charge in [-0.3, -0.25) is 4.79 Å². The van der Waals surface area contributed by atoms with E-state index in [1.54, 1.807) is 6.92 Å². The Morgan fingerprint density at radius 1 is 1.48 bits per heavy atom. The summed E-state index contributed by atoms with van der Waals surface area (Å²) in [5.41, 5.74) is 0.0971. The van der Waals surface area contributed by atoms with E-state index < -0.39 is 23.7 Å². The van der Waals surface area contributed by atoms with Crippen molar-refractivity contribution in [3.63, 3.8) is 0 Å². The molecular weight excluding hydrogens is 363 g/mol. The number of aromatic nitrogens is 1. The van der Waals surface area contributed by atoms with Crippen LogP contribution in [0, 0.1) is 5.82 Å². The predicted molar refractivity (Wildman–Crippen MR) is 79.1 cm³/mol. The van der Waals surface area contributed by atoms with Crippen molar-refractivity contribution in [2.75, 3.05) is 0 Å². The van der Waals surface area contributed by atoms with Crippen LogP contribution in [0.5, 0.6) is 0 Å². The van der Waals surface area contributed by atoms with Crippen LogP contribution in [0.15, 0.2) is 28.1 Å². The molecule has 1 aromatic heterocycles. The third-order valence-corrected chi connectivity index (χ3v) is 4.49. The zero-order valence-electron chi connectivity index (χ0n) is 10.8. The van der Waals surface area contributed by atoms with E-state index in [0.29, 0.717) is 5.01 Å². The number of nitrogens with one attached hydrogen (secondary N) is 1. The second-order valence-electron chi connectivity index (χ2n) is 4.17. The van der Waals surface area contributed by atoms with Gasteiger partial charge in [0.25, 0.3) is 5.91 Å². The van der Waals surface area contributed by atoms with E-state index in [-0.39, 0.29) is 15.7 Å². The summed E-state index contributed by atoms with van der Waals surface area (Å²) in [6, 6.07) is 3.68. The average molecular weight is 373 g/mol. The van der Waals surface area contributed by atoms with Gasteiger partial charge in [-0.1, -0.05) is 6.07 Å². The molecule has 21 heavy (non-hydrogen) atoms. The second-order valence-corrected chi connectivity index (χ2v) is 5.86. The molecule has 1 heterocycles. The van der Waals surface area contributed by atoms with Gasteiger partial charge in [-0.25, -0.2) is 14.2 Å². The maximum atomic E-state index is 13.4. The molecule has 0 saturated carbocycles. The third-order valence-electron chi connectivity index (χ3n) is 2.66. The number of benzene rings is 1. The van der Waals surface area contributed by atoms with Gasteiger partial charge in [0.1, 0.15) is 10.8 Å². The van der Waals surface area contributed by atoms with Gasteiger partial charge in [-0.05, 0) is 35.0 Å². The Labute approximate surface area is 132 Å². The highest BCUT2D eigenvalue weighted by atomic mass is 79.9. The van der Waals surface area contributed by atoms with E-state index in [4.69, 9.17) is 5.11 Å². The molecule has 0 spiro atoms. The maximum Gasteiger partial charge on any atom is 0.355 e. The molecular formula is C13H10BrFN2O3S. The van der Waals surface area contributed by atoms with Crippen LogP contribution in [0.2, 0.25) is 0 Å². The molecule has 0 aliphatic rings. The number of aromatic carboxylic acids is 1. The maximum absolute atomic E-state index is 13.4. The van der Waals surface area contributed by atoms with Crippen molar-refractivity contribution in [1.82, 2.24) is 10.3 Å². The van der Waals surface area contributed by atoms with Gasteiger partial charge < -0.3 is 10.4 Å². The van der Waals surface area contributed by atoms with Crippen molar-refractivity contribution < 1.29 is 19.1 Å². The molecule has 1 amide bonds. The van der Waals surface area contributed by atoms with Crippen molar-refractivity contribution in [3.05, 3.63) is 50.1 Å². The molecule has 1 atom stereocenters. The normalized spacial score (nSPS) is 12.0. The first-order valence-electron chi connectivity index (χ1n) is 5.83. The number of carboxylic acid groups (broad SMARTS) is 1. The van der Waals surface area contributed by atoms with E-state index in [1.807, 2.05) is 0 Å². The largest absolute Gasteiger partial charge is 0.476 e. The second kappa shape index (κ2) is 6.31. The zero-order chi connectivity index (χ0) is 15.6. The molecule has 0 fully saturated rings. The first kappa shape index (κ1) is 15.6. The average Bonchev–Trinajstić information content (AvgIpc) is 2.91. The number of carbonyl (C=O) groups excluding carboxylic acids is 1. The minimum Gasteiger partial charge on any atom is -0.476 e. The van der Waals surface area contributed by atoms with Gasteiger partial charge in [-0.2, -0.15) is 0 Å². The Morgan fingerprint density at radius 3 is 2.81 bits per heavy atom. The molecule has 8 heteroatoms. The van der Waals surface area contributed by atoms with E-state index >= 15 is 0 Å². The van der Waals surface area contributed by atoms with Crippen molar-refractivity contribution in [2.24, 2.45) is 0 Å². The Morgan fingerprint density at radius 2 is 2.19 bits per heavy atom. The first-order valence-corrected chi connectivity index (χ1v) is 7.51. The van der Waals surface area contributed by atoms with Crippen LogP contribution >= 0.6 is 27.3 Å². The number of hydrogen-bond donors (Lipinski definition) is 2. The minimum atomic E-state index is -1.12. The van der Waals surface area contributed by atoms with Gasteiger partial charge in [0, 0.05) is 5.38 Å². The lowest BCUT2D eigenvalue weighted by molar-refractivity contribution is 0.0691. The molecule has 0 saturated heterocycles. The van der Waals surface area contributed by atoms with Gasteiger partial charge in [0.2, 0.25) is 0 Å². The Bertz CT molecular complexity index is 704. The molecule has 0 aliphatic heterocycles. The fourth-order valence-corrected chi connectivity index (χ4v) is 2.84. The van der Waals surface area contributed by atoms with Gasteiger partial charge in [0.05, 0.1) is 16.1 Å². The molecule has 2 N–H and O–H groups in total. The van der Waals surface area contributed by atoms with E-state index in [9.17, 15) is 14.0 Å². The number of hydrogen-bond acceptors (Lipinski definition) is 4. The SMILES string of the molecule is CC(NC(=O)c1cccc(F)c1Br)c1nc(C(=O)O)cs1. The predicted octanol–water partition coefficient (Wildman–Crippen LogP) is 3.23. The lowest BCUT2D eigenvalue weighted by Crippen LogP contribution is -2.27. The zero-order valence-corrected chi connectivity index (χ0v) is 13.2. The monoisotopic (exact) mass is 372 g/mol. The number of amides is 1. The summed E-state index contributed by atoms with van der Waals surface area (Å²) in [7, 11) is 0. The van der Waals surface area contributed by atoms with Gasteiger partial charge >= 0.3 is 5.97 Å². The first-order chi connectivity index (χ1) is 9.90. The molecule has 1 aromatic carbocycles. The number of carbonyl (C=O) groups is 2. The summed E-state index contributed by atoms with van der Waals surface area (Å²) < 4.78 is 13.5. The van der Waals surface area contributed by atoms with E-state index in [1.165, 1.54) is 23.6 Å². The summed E-state index contributed by atoms with van der Waals surface area (Å²) in [6.07, 6.45) is 0. The summed E-state index contributed by atoms with van der Waals surface area (Å²) in [4.78, 5) is 26.8. The Hall–Kier alpha value is -1.80. The quantitative estimate of drug-likeness (QED) is 0.863. The number of thiazole rings is 1. The van der Waals surface area contributed by atoms with Crippen molar-refractivity contribution in [2.45, 2.75) is 13.0 Å². The Balaban J connectivity index is 2.14. The lowest BCUT2D eigenvalue weighted by Gasteiger charge is -2.12. The molecule has 0 aliphatic carbocycles. The fourth-order valence-electron chi connectivity index (χ4n) is 1.60. The molecule has 0 bridgehead atoms. The standard InChI is InChI=1S/C13H10BrFN2O3S/c1-6(12-17-9(5-21-12)13(19)20)16-11(18)7-3-2-4-8(15)10(7)14/h2-6H,1H3,(H,16,18)(H,19,20). The highest BCUT2D eigenvalue weighted by Crippen LogP contribution is 2.22. The molecule has 2 aromatic rings. The fraction of sp³-hybridized carbons (Fsp3) is 0.154. The van der Waals surface area contributed by atoms with Crippen LogP contribution < -0.4 is 5.32 Å². The number of nitrogens with zero attached hydrogens (tertiary/aromatic N) is 1. The van der Waals surface area contributed by atoms with Crippen LogP contribution in [0.25, 0.3) is 0 Å². The van der Waals surface area contributed by atoms with E-state index in [2.05, 4.69) is 26.2 Å². The molecule has 5 nitrogen and oxygen atoms in total. The van der Waals surface area contributed by atoms with Crippen LogP contribution in [-0.4, -0.2) is 22.0 Å². The van der Waals surface area contributed by atoms with Crippen molar-refractivity contribution in [3.8, 4) is 0 Å². The number of rotatable bonds is 4. The van der Waals surface area contributed by atoms with Crippen molar-refractivity contribution in [1.29, 1.82) is 0 Å². The summed E-state index contributed by atoms with van der Waals surface area (Å²) in [5.74, 6) is -2.12. The van der Waals surface area contributed by atoms with Crippen molar-refractivity contribution >= 4 is 39.1 Å². The van der Waals surface area contributed by atoms with Crippen LogP contribution in [0.1, 0.15) is 38.8 Å². The number of halogens is 2. The summed E-state index contributed by atoms with van der Waals surface area (Å²) >= 11 is 4.16. The van der Waals surface area contributed by atoms with Crippen LogP contribution in [0.3, 0.4) is 0 Å². The molecule has 110 valence electrons. The molecule has 0 radical (unpaired) electrons. The molecule has 1 unspecified atom stereocenters. The van der Waals surface area contributed by atoms with Gasteiger partial charge in [0.15, 0.2) is 5.69 Å². The minimum absolute atomic E-state index is 0.0666. The molecule has 2 rings (SSSR count). The summed E-state index contributed by atoms with van der Waals surface area (Å²) in [5, 5.41) is 13.3. The smallest absolute Gasteiger partial charge is 0.355 e. The van der Waals surface area contributed by atoms with E-state index in [0.717, 1.165) is 11.3 Å². The third kappa shape index (κ3) is 3.45. The highest BCUT2D eigenvalue weighted by Gasteiger charge is 2.19.